The van der Waals surface area contributed by atoms with Crippen molar-refractivity contribution in [3.8, 4) is 0 Å². The van der Waals surface area contributed by atoms with Crippen LogP contribution >= 0.6 is 0 Å². The molecule has 1 fully saturated rings. The van der Waals surface area contributed by atoms with Crippen LogP contribution in [0.25, 0.3) is 0 Å². The van der Waals surface area contributed by atoms with E-state index < -0.39 is 0 Å². The Morgan fingerprint density at radius 2 is 2.14 bits per heavy atom. The molecule has 1 aromatic heterocycles. The first kappa shape index (κ1) is 9.59. The Kier molecular flexibility index (Phi) is 3.09. The van der Waals surface area contributed by atoms with Gasteiger partial charge in [-0.15, -0.1) is 0 Å². The fraction of sp³-hybridized carbons (Fsp3) is 0.545. The maximum absolute atomic E-state index is 12.5. The van der Waals surface area contributed by atoms with Gasteiger partial charge in [0.15, 0.2) is 0 Å². The zero-order valence-electron chi connectivity index (χ0n) is 8.17. The van der Waals surface area contributed by atoms with Crippen LogP contribution in [0.5, 0.6) is 0 Å². The molecule has 1 aliphatic heterocycles. The number of piperidine rings is 1. The molecule has 0 spiro atoms. The minimum atomic E-state index is -0.390. The molecule has 1 N–H and O–H groups in total. The summed E-state index contributed by atoms with van der Waals surface area (Å²) in [5.74, 6) is 0.350. The van der Waals surface area contributed by atoms with Crippen molar-refractivity contribution < 1.29 is 4.39 Å². The van der Waals surface area contributed by atoms with Gasteiger partial charge < -0.3 is 5.32 Å². The molecule has 14 heavy (non-hydrogen) atoms. The Balaban J connectivity index is 1.92. The van der Waals surface area contributed by atoms with E-state index in [9.17, 15) is 4.39 Å². The van der Waals surface area contributed by atoms with Crippen molar-refractivity contribution in [2.24, 2.45) is 5.92 Å². The van der Waals surface area contributed by atoms with Gasteiger partial charge in [-0.05, 0) is 49.9 Å². The van der Waals surface area contributed by atoms with E-state index in [1.807, 2.05) is 6.07 Å². The summed E-state index contributed by atoms with van der Waals surface area (Å²) in [6, 6.07) is 3.28. The minimum Gasteiger partial charge on any atom is -0.317 e. The standard InChI is InChI=1S/C11H15FN2/c12-11-2-1-10(8-14-11)7-9-3-5-13-6-4-9/h1-2,8-9,13H,3-7H2. The van der Waals surface area contributed by atoms with Crippen molar-refractivity contribution in [1.82, 2.24) is 10.3 Å². The Hall–Kier alpha value is -0.960. The number of aromatic nitrogens is 1. The first-order valence-electron chi connectivity index (χ1n) is 5.16. The van der Waals surface area contributed by atoms with Crippen LogP contribution < -0.4 is 5.32 Å². The van der Waals surface area contributed by atoms with Crippen LogP contribution in [0, 0.1) is 11.9 Å². The summed E-state index contributed by atoms with van der Waals surface area (Å²) in [4.78, 5) is 3.66. The van der Waals surface area contributed by atoms with Gasteiger partial charge in [0, 0.05) is 6.20 Å². The Bertz CT molecular complexity index is 278. The van der Waals surface area contributed by atoms with Crippen molar-refractivity contribution >= 4 is 0 Å². The Morgan fingerprint density at radius 1 is 1.36 bits per heavy atom. The summed E-state index contributed by atoms with van der Waals surface area (Å²) in [5, 5.41) is 3.33. The van der Waals surface area contributed by atoms with Gasteiger partial charge in [0.25, 0.3) is 0 Å². The second-order valence-electron chi connectivity index (χ2n) is 3.89. The summed E-state index contributed by atoms with van der Waals surface area (Å²) in [6.45, 7) is 2.22. The summed E-state index contributed by atoms with van der Waals surface area (Å²) in [6.07, 6.45) is 5.13. The molecule has 1 saturated heterocycles. The van der Waals surface area contributed by atoms with Gasteiger partial charge in [-0.25, -0.2) is 4.98 Å². The third-order valence-electron chi connectivity index (χ3n) is 2.77. The lowest BCUT2D eigenvalue weighted by atomic mass is 9.92. The molecule has 2 heterocycles. The maximum Gasteiger partial charge on any atom is 0.212 e. The fourth-order valence-corrected chi connectivity index (χ4v) is 1.95. The summed E-state index contributed by atoms with van der Waals surface area (Å²) in [5.41, 5.74) is 1.15. The molecule has 0 radical (unpaired) electrons. The average Bonchev–Trinajstić information content (AvgIpc) is 2.23. The predicted octanol–water partition coefficient (Wildman–Crippen LogP) is 1.76. The van der Waals surface area contributed by atoms with E-state index in [1.54, 1.807) is 6.20 Å². The van der Waals surface area contributed by atoms with Gasteiger partial charge in [-0.1, -0.05) is 6.07 Å². The molecule has 2 nitrogen and oxygen atoms in total. The fourth-order valence-electron chi connectivity index (χ4n) is 1.95. The summed E-state index contributed by atoms with van der Waals surface area (Å²) < 4.78 is 12.5. The van der Waals surface area contributed by atoms with E-state index in [1.165, 1.54) is 18.9 Å². The number of hydrogen-bond donors (Lipinski definition) is 1. The van der Waals surface area contributed by atoms with Crippen LogP contribution in [0.4, 0.5) is 4.39 Å². The van der Waals surface area contributed by atoms with Gasteiger partial charge in [0.2, 0.25) is 5.95 Å². The third kappa shape index (κ3) is 2.51. The van der Waals surface area contributed by atoms with E-state index in [4.69, 9.17) is 0 Å². The Morgan fingerprint density at radius 3 is 2.79 bits per heavy atom. The normalized spacial score (nSPS) is 18.4. The molecule has 76 valence electrons. The molecule has 0 unspecified atom stereocenters. The number of nitrogens with zero attached hydrogens (tertiary/aromatic N) is 1. The van der Waals surface area contributed by atoms with Crippen LogP contribution in [-0.4, -0.2) is 18.1 Å². The van der Waals surface area contributed by atoms with E-state index >= 15 is 0 Å². The molecule has 3 heteroatoms. The molecule has 1 aliphatic rings. The first-order chi connectivity index (χ1) is 6.84. The minimum absolute atomic E-state index is 0.390. The molecule has 0 bridgehead atoms. The molecule has 0 aromatic carbocycles. The molecule has 0 atom stereocenters. The molecular formula is C11H15FN2. The van der Waals surface area contributed by atoms with Gasteiger partial charge in [-0.3, -0.25) is 0 Å². The molecule has 0 amide bonds. The van der Waals surface area contributed by atoms with Gasteiger partial charge in [-0.2, -0.15) is 4.39 Å². The second-order valence-corrected chi connectivity index (χ2v) is 3.89. The highest BCUT2D eigenvalue weighted by atomic mass is 19.1. The highest BCUT2D eigenvalue weighted by molar-refractivity contribution is 5.10. The smallest absolute Gasteiger partial charge is 0.212 e. The molecule has 0 saturated carbocycles. The number of hydrogen-bond acceptors (Lipinski definition) is 2. The van der Waals surface area contributed by atoms with Gasteiger partial charge in [0.1, 0.15) is 0 Å². The van der Waals surface area contributed by atoms with Crippen LogP contribution in [0.2, 0.25) is 0 Å². The number of pyridine rings is 1. The lowest BCUT2D eigenvalue weighted by Crippen LogP contribution is -2.28. The van der Waals surface area contributed by atoms with Crippen LogP contribution in [0.3, 0.4) is 0 Å². The second kappa shape index (κ2) is 4.51. The molecule has 0 aliphatic carbocycles. The van der Waals surface area contributed by atoms with Crippen molar-refractivity contribution in [2.45, 2.75) is 19.3 Å². The first-order valence-corrected chi connectivity index (χ1v) is 5.16. The Labute approximate surface area is 83.6 Å². The molecular weight excluding hydrogens is 179 g/mol. The quantitative estimate of drug-likeness (QED) is 0.726. The van der Waals surface area contributed by atoms with Crippen molar-refractivity contribution in [2.75, 3.05) is 13.1 Å². The highest BCUT2D eigenvalue weighted by Gasteiger charge is 2.13. The lowest BCUT2D eigenvalue weighted by Gasteiger charge is -2.22. The van der Waals surface area contributed by atoms with Crippen LogP contribution in [0.1, 0.15) is 18.4 Å². The van der Waals surface area contributed by atoms with Gasteiger partial charge >= 0.3 is 0 Å². The number of halogens is 1. The van der Waals surface area contributed by atoms with E-state index in [0.29, 0.717) is 0 Å². The average molecular weight is 194 g/mol. The van der Waals surface area contributed by atoms with E-state index in [2.05, 4.69) is 10.3 Å². The summed E-state index contributed by atoms with van der Waals surface area (Å²) in [7, 11) is 0. The van der Waals surface area contributed by atoms with E-state index in [-0.39, 0.29) is 5.95 Å². The highest BCUT2D eigenvalue weighted by Crippen LogP contribution is 2.17. The van der Waals surface area contributed by atoms with E-state index in [0.717, 1.165) is 31.0 Å². The zero-order chi connectivity index (χ0) is 9.80. The van der Waals surface area contributed by atoms with Crippen LogP contribution in [0.15, 0.2) is 18.3 Å². The lowest BCUT2D eigenvalue weighted by molar-refractivity contribution is 0.372. The number of rotatable bonds is 2. The van der Waals surface area contributed by atoms with Crippen molar-refractivity contribution in [3.05, 3.63) is 29.8 Å². The summed E-state index contributed by atoms with van der Waals surface area (Å²) >= 11 is 0. The molecule has 2 rings (SSSR count). The topological polar surface area (TPSA) is 24.9 Å². The largest absolute Gasteiger partial charge is 0.317 e. The third-order valence-corrected chi connectivity index (χ3v) is 2.77. The SMILES string of the molecule is Fc1ccc(CC2CCNCC2)cn1. The van der Waals surface area contributed by atoms with Crippen LogP contribution in [-0.2, 0) is 6.42 Å². The monoisotopic (exact) mass is 194 g/mol. The predicted molar refractivity (Wildman–Crippen MR) is 53.5 cm³/mol. The van der Waals surface area contributed by atoms with Crippen molar-refractivity contribution in [1.29, 1.82) is 0 Å². The van der Waals surface area contributed by atoms with Crippen molar-refractivity contribution in [3.63, 3.8) is 0 Å². The van der Waals surface area contributed by atoms with Gasteiger partial charge in [0.05, 0.1) is 0 Å². The molecule has 1 aromatic rings. The maximum atomic E-state index is 12.5. The number of nitrogens with one attached hydrogen (secondary N) is 1. The zero-order valence-corrected chi connectivity index (χ0v) is 8.17.